The van der Waals surface area contributed by atoms with Gasteiger partial charge in [-0.05, 0) is 47.8 Å². The summed E-state index contributed by atoms with van der Waals surface area (Å²) in [7, 11) is 1.77. The van der Waals surface area contributed by atoms with E-state index in [4.69, 9.17) is 4.74 Å². The van der Waals surface area contributed by atoms with Crippen LogP contribution in [0.1, 0.15) is 50.0 Å². The minimum atomic E-state index is 0.172. The van der Waals surface area contributed by atoms with Gasteiger partial charge in [0.2, 0.25) is 0 Å². The zero-order chi connectivity index (χ0) is 17.5. The molecule has 132 valence electrons. The number of ether oxygens (including phenoxy) is 1. The molecule has 0 radical (unpaired) electrons. The van der Waals surface area contributed by atoms with E-state index in [9.17, 15) is 4.79 Å². The predicted molar refractivity (Wildman–Crippen MR) is 97.1 cm³/mol. The van der Waals surface area contributed by atoms with Crippen molar-refractivity contribution in [1.29, 1.82) is 0 Å². The van der Waals surface area contributed by atoms with Crippen LogP contribution in [0.4, 0.5) is 0 Å². The number of rotatable bonds is 5. The normalized spacial score (nSPS) is 27.9. The van der Waals surface area contributed by atoms with Gasteiger partial charge in [0, 0.05) is 31.2 Å². The Bertz CT molecular complexity index is 605. The van der Waals surface area contributed by atoms with Crippen molar-refractivity contribution in [1.82, 2.24) is 4.90 Å². The van der Waals surface area contributed by atoms with E-state index in [1.807, 2.05) is 12.1 Å². The van der Waals surface area contributed by atoms with Crippen LogP contribution in [0, 0.1) is 22.7 Å². The number of nitrogens with zero attached hydrogens (tertiary/aromatic N) is 1. The first kappa shape index (κ1) is 17.5. The smallest absolute Gasteiger partial charge is 0.253 e. The largest absolute Gasteiger partial charge is 0.384 e. The molecule has 2 aliphatic rings. The van der Waals surface area contributed by atoms with E-state index in [1.54, 1.807) is 7.11 Å². The van der Waals surface area contributed by atoms with Gasteiger partial charge in [0.25, 0.3) is 5.91 Å². The van der Waals surface area contributed by atoms with E-state index >= 15 is 0 Å². The third kappa shape index (κ3) is 2.99. The second kappa shape index (κ2) is 6.18. The lowest BCUT2D eigenvalue weighted by Crippen LogP contribution is -2.55. The van der Waals surface area contributed by atoms with Gasteiger partial charge in [-0.25, -0.2) is 0 Å². The minimum Gasteiger partial charge on any atom is -0.384 e. The Morgan fingerprint density at radius 2 is 1.96 bits per heavy atom. The standard InChI is InChI=1S/C21H31NO2/c1-15(2)10-16-6-8-17(9-7-16)19(23)22-11-18-20(3,4)12-21(18,13-22)14-24-5/h6-9,15,18H,10-14H2,1-5H3/t18-,21-/m1/s1. The molecule has 0 bridgehead atoms. The van der Waals surface area contributed by atoms with Crippen LogP contribution in [0.5, 0.6) is 0 Å². The summed E-state index contributed by atoms with van der Waals surface area (Å²) in [6.07, 6.45) is 2.21. The molecule has 1 aromatic carbocycles. The molecule has 3 rings (SSSR count). The second-order valence-electron chi connectivity index (χ2n) is 8.99. The molecule has 1 saturated heterocycles. The third-order valence-electron chi connectivity index (χ3n) is 5.96. The quantitative estimate of drug-likeness (QED) is 0.816. The molecule has 0 N–H and O–H groups in total. The molecule has 2 fully saturated rings. The van der Waals surface area contributed by atoms with Crippen LogP contribution in [0.15, 0.2) is 24.3 Å². The zero-order valence-electron chi connectivity index (χ0n) is 15.8. The molecule has 2 atom stereocenters. The zero-order valence-corrected chi connectivity index (χ0v) is 15.8. The van der Waals surface area contributed by atoms with Gasteiger partial charge in [0.05, 0.1) is 6.61 Å². The van der Waals surface area contributed by atoms with Crippen LogP contribution < -0.4 is 0 Å². The second-order valence-corrected chi connectivity index (χ2v) is 8.99. The lowest BCUT2D eigenvalue weighted by molar-refractivity contribution is -0.107. The topological polar surface area (TPSA) is 29.5 Å². The van der Waals surface area contributed by atoms with Gasteiger partial charge in [-0.1, -0.05) is 39.8 Å². The molecule has 1 aliphatic heterocycles. The fraction of sp³-hybridized carbons (Fsp3) is 0.667. The number of fused-ring (bicyclic) bond motifs is 1. The van der Waals surface area contributed by atoms with Gasteiger partial charge in [-0.2, -0.15) is 0 Å². The molecular formula is C21H31NO2. The number of hydrogen-bond acceptors (Lipinski definition) is 2. The Labute approximate surface area is 146 Å². The van der Waals surface area contributed by atoms with Gasteiger partial charge in [0.1, 0.15) is 0 Å². The molecule has 3 nitrogen and oxygen atoms in total. The van der Waals surface area contributed by atoms with Crippen molar-refractivity contribution in [2.75, 3.05) is 26.8 Å². The maximum Gasteiger partial charge on any atom is 0.253 e. The SMILES string of the molecule is COC[C@@]12CN(C(=O)c3ccc(CC(C)C)cc3)C[C@@H]1C(C)(C)C2. The van der Waals surface area contributed by atoms with Crippen molar-refractivity contribution >= 4 is 5.91 Å². The molecule has 1 heterocycles. The number of carbonyl (C=O) groups excluding carboxylic acids is 1. The van der Waals surface area contributed by atoms with Gasteiger partial charge < -0.3 is 9.64 Å². The summed E-state index contributed by atoms with van der Waals surface area (Å²) in [5.41, 5.74) is 2.61. The average Bonchev–Trinajstić information content (AvgIpc) is 2.82. The van der Waals surface area contributed by atoms with Crippen molar-refractivity contribution in [2.45, 2.75) is 40.5 Å². The van der Waals surface area contributed by atoms with E-state index in [0.717, 1.165) is 38.1 Å². The van der Waals surface area contributed by atoms with Crippen LogP contribution in [-0.2, 0) is 11.2 Å². The number of benzene rings is 1. The Kier molecular flexibility index (Phi) is 4.50. The van der Waals surface area contributed by atoms with Gasteiger partial charge in [-0.3, -0.25) is 4.79 Å². The van der Waals surface area contributed by atoms with Crippen molar-refractivity contribution < 1.29 is 9.53 Å². The highest BCUT2D eigenvalue weighted by Crippen LogP contribution is 2.62. The Balaban J connectivity index is 1.72. The van der Waals surface area contributed by atoms with Crippen LogP contribution in [0.3, 0.4) is 0 Å². The number of amides is 1. The Morgan fingerprint density at radius 3 is 2.50 bits per heavy atom. The summed E-state index contributed by atoms with van der Waals surface area (Å²) >= 11 is 0. The number of carbonyl (C=O) groups is 1. The van der Waals surface area contributed by atoms with Crippen molar-refractivity contribution in [2.24, 2.45) is 22.7 Å². The molecule has 0 unspecified atom stereocenters. The van der Waals surface area contributed by atoms with E-state index in [2.05, 4.69) is 44.7 Å². The molecule has 1 saturated carbocycles. The summed E-state index contributed by atoms with van der Waals surface area (Å²) in [4.78, 5) is 15.0. The lowest BCUT2D eigenvalue weighted by atomic mass is 9.48. The summed E-state index contributed by atoms with van der Waals surface area (Å²) in [5.74, 6) is 1.36. The van der Waals surface area contributed by atoms with Crippen molar-refractivity contribution in [3.8, 4) is 0 Å². The van der Waals surface area contributed by atoms with Crippen molar-refractivity contribution in [3.63, 3.8) is 0 Å². The molecule has 1 aliphatic carbocycles. The first-order valence-corrected chi connectivity index (χ1v) is 9.14. The highest BCUT2D eigenvalue weighted by atomic mass is 16.5. The van der Waals surface area contributed by atoms with Gasteiger partial charge in [0.15, 0.2) is 0 Å². The number of methoxy groups -OCH3 is 1. The molecule has 0 spiro atoms. The average molecular weight is 329 g/mol. The first-order valence-electron chi connectivity index (χ1n) is 9.14. The third-order valence-corrected chi connectivity index (χ3v) is 5.96. The molecule has 24 heavy (non-hydrogen) atoms. The molecule has 0 aromatic heterocycles. The van der Waals surface area contributed by atoms with Gasteiger partial charge >= 0.3 is 0 Å². The maximum absolute atomic E-state index is 12.9. The predicted octanol–water partition coefficient (Wildman–Crippen LogP) is 4.02. The molecule has 1 amide bonds. The van der Waals surface area contributed by atoms with E-state index < -0.39 is 0 Å². The molecule has 3 heteroatoms. The lowest BCUT2D eigenvalue weighted by Gasteiger charge is -2.56. The van der Waals surface area contributed by atoms with Gasteiger partial charge in [-0.15, -0.1) is 0 Å². The Morgan fingerprint density at radius 1 is 1.29 bits per heavy atom. The summed E-state index contributed by atoms with van der Waals surface area (Å²) < 4.78 is 5.49. The van der Waals surface area contributed by atoms with E-state index in [1.165, 1.54) is 5.56 Å². The van der Waals surface area contributed by atoms with Crippen LogP contribution in [-0.4, -0.2) is 37.6 Å². The Hall–Kier alpha value is -1.35. The molecule has 1 aromatic rings. The monoisotopic (exact) mass is 329 g/mol. The van der Waals surface area contributed by atoms with E-state index in [0.29, 0.717) is 17.3 Å². The van der Waals surface area contributed by atoms with Crippen LogP contribution >= 0.6 is 0 Å². The summed E-state index contributed by atoms with van der Waals surface area (Å²) in [5, 5.41) is 0. The van der Waals surface area contributed by atoms with Crippen LogP contribution in [0.25, 0.3) is 0 Å². The van der Waals surface area contributed by atoms with E-state index in [-0.39, 0.29) is 11.3 Å². The fourth-order valence-corrected chi connectivity index (χ4v) is 5.20. The minimum absolute atomic E-state index is 0.172. The number of likely N-dealkylation sites (tertiary alicyclic amines) is 1. The van der Waals surface area contributed by atoms with Crippen molar-refractivity contribution in [3.05, 3.63) is 35.4 Å². The summed E-state index contributed by atoms with van der Waals surface area (Å²) in [6, 6.07) is 8.20. The van der Waals surface area contributed by atoms with Crippen LogP contribution in [0.2, 0.25) is 0 Å². The number of hydrogen-bond donors (Lipinski definition) is 0. The fourth-order valence-electron chi connectivity index (χ4n) is 5.20. The highest BCUT2D eigenvalue weighted by molar-refractivity contribution is 5.94. The summed E-state index contributed by atoms with van der Waals surface area (Å²) in [6.45, 7) is 11.5. The molecular weight excluding hydrogens is 298 g/mol. The maximum atomic E-state index is 12.9. The highest BCUT2D eigenvalue weighted by Gasteiger charge is 2.63. The first-order chi connectivity index (χ1) is 11.3.